The molecular formula is C12H23N3O2S. The van der Waals surface area contributed by atoms with E-state index in [0.29, 0.717) is 11.6 Å². The topological polar surface area (TPSA) is 81.6 Å². The Kier molecular flexibility index (Phi) is 5.49. The lowest BCUT2D eigenvalue weighted by molar-refractivity contribution is -0.125. The maximum Gasteiger partial charge on any atom is 0.234 e. The zero-order chi connectivity index (χ0) is 13.8. The third-order valence-corrected chi connectivity index (χ3v) is 4.00. The van der Waals surface area contributed by atoms with Gasteiger partial charge in [0.2, 0.25) is 5.91 Å². The first kappa shape index (κ1) is 15.3. The van der Waals surface area contributed by atoms with Crippen LogP contribution in [0.3, 0.4) is 0 Å². The van der Waals surface area contributed by atoms with Crippen LogP contribution in [-0.2, 0) is 9.53 Å². The summed E-state index contributed by atoms with van der Waals surface area (Å²) < 4.78 is 5.75. The predicted molar refractivity (Wildman–Crippen MR) is 75.2 cm³/mol. The number of primary amides is 1. The maximum absolute atomic E-state index is 11.3. The Hall–Kier alpha value is -0.720. The van der Waals surface area contributed by atoms with E-state index in [1.54, 1.807) is 0 Å². The molecule has 4 N–H and O–H groups in total. The molecule has 0 bridgehead atoms. The Labute approximate surface area is 114 Å². The van der Waals surface area contributed by atoms with Crippen molar-refractivity contribution in [2.24, 2.45) is 11.5 Å². The lowest BCUT2D eigenvalue weighted by Crippen LogP contribution is -2.57. The number of rotatable bonds is 6. The quantitative estimate of drug-likeness (QED) is 0.685. The fraction of sp³-hybridized carbons (Fsp3) is 0.833. The number of ether oxygens (including phenoxy) is 1. The van der Waals surface area contributed by atoms with E-state index in [4.69, 9.17) is 28.4 Å². The molecule has 5 nitrogen and oxygen atoms in total. The maximum atomic E-state index is 11.3. The van der Waals surface area contributed by atoms with Gasteiger partial charge in [-0.15, -0.1) is 0 Å². The summed E-state index contributed by atoms with van der Waals surface area (Å²) in [6.45, 7) is 5.96. The van der Waals surface area contributed by atoms with Crippen LogP contribution >= 0.6 is 12.2 Å². The molecule has 0 saturated carbocycles. The van der Waals surface area contributed by atoms with Crippen molar-refractivity contribution in [2.75, 3.05) is 19.7 Å². The van der Waals surface area contributed by atoms with Gasteiger partial charge in [0.05, 0.1) is 6.04 Å². The molecule has 0 aromatic carbocycles. The van der Waals surface area contributed by atoms with Crippen LogP contribution in [0, 0.1) is 0 Å². The van der Waals surface area contributed by atoms with Gasteiger partial charge in [0.15, 0.2) is 0 Å². The molecule has 1 atom stereocenters. The summed E-state index contributed by atoms with van der Waals surface area (Å²) in [5, 5.41) is 0. The first-order valence-corrected chi connectivity index (χ1v) is 6.85. The molecule has 104 valence electrons. The second-order valence-corrected chi connectivity index (χ2v) is 5.09. The summed E-state index contributed by atoms with van der Waals surface area (Å²) >= 11 is 5.12. The van der Waals surface area contributed by atoms with E-state index in [9.17, 15) is 4.79 Å². The zero-order valence-corrected chi connectivity index (χ0v) is 12.0. The molecule has 1 heterocycles. The Morgan fingerprint density at radius 3 is 2.28 bits per heavy atom. The normalized spacial score (nSPS) is 21.4. The molecule has 1 fully saturated rings. The van der Waals surface area contributed by atoms with Gasteiger partial charge < -0.3 is 16.2 Å². The number of hydrogen-bond donors (Lipinski definition) is 2. The Bertz CT molecular complexity index is 314. The second kappa shape index (κ2) is 6.45. The van der Waals surface area contributed by atoms with E-state index in [2.05, 4.69) is 4.90 Å². The van der Waals surface area contributed by atoms with Crippen molar-refractivity contribution < 1.29 is 9.53 Å². The molecule has 18 heavy (non-hydrogen) atoms. The number of carbonyl (C=O) groups excluding carboxylic acids is 1. The van der Waals surface area contributed by atoms with Crippen molar-refractivity contribution >= 4 is 23.1 Å². The second-order valence-electron chi connectivity index (χ2n) is 4.65. The number of carbonyl (C=O) groups is 1. The molecule has 1 unspecified atom stereocenters. The molecular weight excluding hydrogens is 250 g/mol. The molecule has 1 amide bonds. The van der Waals surface area contributed by atoms with E-state index in [-0.39, 0.29) is 11.9 Å². The van der Waals surface area contributed by atoms with E-state index in [0.717, 1.165) is 32.4 Å². The van der Waals surface area contributed by atoms with Gasteiger partial charge in [-0.1, -0.05) is 19.1 Å². The molecule has 1 aliphatic rings. The zero-order valence-electron chi connectivity index (χ0n) is 11.1. The summed E-state index contributed by atoms with van der Waals surface area (Å²) in [6, 6.07) is -0.198. The minimum atomic E-state index is -0.503. The summed E-state index contributed by atoms with van der Waals surface area (Å²) in [7, 11) is 0. The SMILES string of the molecule is CCOC1(C(N)=S)CCN(C(CC)C(N)=O)CC1. The number of nitrogens with two attached hydrogens (primary N) is 2. The monoisotopic (exact) mass is 273 g/mol. The predicted octanol–water partition coefficient (Wildman–Crippen LogP) is 0.408. The van der Waals surface area contributed by atoms with Gasteiger partial charge in [-0.3, -0.25) is 9.69 Å². The van der Waals surface area contributed by atoms with Crippen molar-refractivity contribution in [2.45, 2.75) is 44.8 Å². The van der Waals surface area contributed by atoms with Crippen LogP contribution in [0.15, 0.2) is 0 Å². The highest BCUT2D eigenvalue weighted by Crippen LogP contribution is 2.28. The molecule has 1 aliphatic heterocycles. The summed E-state index contributed by atoms with van der Waals surface area (Å²) in [6.07, 6.45) is 2.17. The van der Waals surface area contributed by atoms with E-state index in [1.807, 2.05) is 13.8 Å². The van der Waals surface area contributed by atoms with Crippen LogP contribution < -0.4 is 11.5 Å². The summed E-state index contributed by atoms with van der Waals surface area (Å²) in [4.78, 5) is 13.9. The molecule has 1 rings (SSSR count). The molecule has 0 aliphatic carbocycles. The summed E-state index contributed by atoms with van der Waals surface area (Å²) in [5.41, 5.74) is 10.7. The number of likely N-dealkylation sites (tertiary alicyclic amines) is 1. The average Bonchev–Trinajstić information content (AvgIpc) is 2.32. The number of hydrogen-bond acceptors (Lipinski definition) is 4. The van der Waals surface area contributed by atoms with Crippen LogP contribution in [-0.4, -0.2) is 47.1 Å². The van der Waals surface area contributed by atoms with Gasteiger partial charge in [0, 0.05) is 19.7 Å². The van der Waals surface area contributed by atoms with Crippen molar-refractivity contribution in [3.05, 3.63) is 0 Å². The van der Waals surface area contributed by atoms with Gasteiger partial charge in [-0.25, -0.2) is 0 Å². The lowest BCUT2D eigenvalue weighted by atomic mass is 9.90. The van der Waals surface area contributed by atoms with Gasteiger partial charge in [0.25, 0.3) is 0 Å². The van der Waals surface area contributed by atoms with Crippen LogP contribution in [0.2, 0.25) is 0 Å². The third-order valence-electron chi connectivity index (χ3n) is 3.63. The van der Waals surface area contributed by atoms with Crippen molar-refractivity contribution in [3.8, 4) is 0 Å². The molecule has 1 saturated heterocycles. The number of piperidine rings is 1. The highest BCUT2D eigenvalue weighted by molar-refractivity contribution is 7.80. The lowest BCUT2D eigenvalue weighted by Gasteiger charge is -2.42. The van der Waals surface area contributed by atoms with Crippen molar-refractivity contribution in [1.29, 1.82) is 0 Å². The Balaban J connectivity index is 2.68. The number of amides is 1. The number of thiocarbonyl (C=S) groups is 1. The third kappa shape index (κ3) is 3.18. The summed E-state index contributed by atoms with van der Waals surface area (Å²) in [5.74, 6) is -0.267. The minimum absolute atomic E-state index is 0.198. The van der Waals surface area contributed by atoms with E-state index in [1.165, 1.54) is 0 Å². The number of nitrogens with zero attached hydrogens (tertiary/aromatic N) is 1. The molecule has 0 aromatic rings. The Morgan fingerprint density at radius 2 is 1.94 bits per heavy atom. The fourth-order valence-corrected chi connectivity index (χ4v) is 2.84. The van der Waals surface area contributed by atoms with Crippen LogP contribution in [0.5, 0.6) is 0 Å². The standard InChI is InChI=1S/C12H23N3O2S/c1-3-9(10(13)16)15-7-5-12(6-8-15,11(14)18)17-4-2/h9H,3-8H2,1-2H3,(H2,13,16)(H2,14,18). The highest BCUT2D eigenvalue weighted by atomic mass is 32.1. The minimum Gasteiger partial charge on any atom is -0.391 e. The first-order chi connectivity index (χ1) is 8.46. The van der Waals surface area contributed by atoms with Gasteiger partial charge >= 0.3 is 0 Å². The Morgan fingerprint density at radius 1 is 1.39 bits per heavy atom. The molecule has 0 spiro atoms. The van der Waals surface area contributed by atoms with Gasteiger partial charge in [-0.05, 0) is 26.2 Å². The first-order valence-electron chi connectivity index (χ1n) is 6.44. The van der Waals surface area contributed by atoms with Crippen molar-refractivity contribution in [3.63, 3.8) is 0 Å². The van der Waals surface area contributed by atoms with E-state index < -0.39 is 5.60 Å². The van der Waals surface area contributed by atoms with Crippen LogP contribution in [0.1, 0.15) is 33.1 Å². The molecule has 0 radical (unpaired) electrons. The van der Waals surface area contributed by atoms with Crippen LogP contribution in [0.25, 0.3) is 0 Å². The molecule has 0 aromatic heterocycles. The highest BCUT2D eigenvalue weighted by Gasteiger charge is 2.40. The largest absolute Gasteiger partial charge is 0.391 e. The van der Waals surface area contributed by atoms with Crippen molar-refractivity contribution in [1.82, 2.24) is 4.90 Å². The smallest absolute Gasteiger partial charge is 0.234 e. The van der Waals surface area contributed by atoms with Crippen LogP contribution in [0.4, 0.5) is 0 Å². The molecule has 6 heteroatoms. The van der Waals surface area contributed by atoms with Gasteiger partial charge in [0.1, 0.15) is 10.6 Å². The van der Waals surface area contributed by atoms with E-state index >= 15 is 0 Å². The average molecular weight is 273 g/mol. The fourth-order valence-electron chi connectivity index (χ4n) is 2.57. The van der Waals surface area contributed by atoms with Gasteiger partial charge in [-0.2, -0.15) is 0 Å².